The third-order valence-corrected chi connectivity index (χ3v) is 3.71. The minimum absolute atomic E-state index is 0.127. The monoisotopic (exact) mass is 279 g/mol. The van der Waals surface area contributed by atoms with Gasteiger partial charge in [0, 0.05) is 52.1 Å². The van der Waals surface area contributed by atoms with Crippen LogP contribution in [0.2, 0.25) is 0 Å². The molecule has 0 aliphatic rings. The molecule has 0 aliphatic heterocycles. The maximum absolute atomic E-state index is 12.0. The number of aromatic nitrogens is 1. The van der Waals surface area contributed by atoms with Gasteiger partial charge in [0.25, 0.3) is 5.91 Å². The molecule has 19 heavy (non-hydrogen) atoms. The number of rotatable bonds is 5. The lowest BCUT2D eigenvalue weighted by Crippen LogP contribution is -2.25. The van der Waals surface area contributed by atoms with Crippen LogP contribution in [-0.2, 0) is 10.8 Å². The van der Waals surface area contributed by atoms with Crippen molar-refractivity contribution in [1.82, 2.24) is 10.3 Å². The van der Waals surface area contributed by atoms with E-state index in [0.29, 0.717) is 30.0 Å². The number of amides is 1. The molecule has 1 aromatic heterocycles. The number of benzene rings is 1. The van der Waals surface area contributed by atoms with Gasteiger partial charge >= 0.3 is 0 Å². The zero-order valence-corrected chi connectivity index (χ0v) is 11.5. The Balaban J connectivity index is 2.03. The first-order valence-corrected chi connectivity index (χ1v) is 7.75. The van der Waals surface area contributed by atoms with E-state index in [1.165, 1.54) is 0 Å². The first-order chi connectivity index (χ1) is 9.08. The molecule has 1 amide bonds. The van der Waals surface area contributed by atoms with E-state index in [9.17, 15) is 9.00 Å². The molecule has 0 saturated heterocycles. The van der Waals surface area contributed by atoms with Crippen molar-refractivity contribution in [2.75, 3.05) is 24.3 Å². The molecule has 0 aliphatic carbocycles. The number of carbonyl (C=O) groups excluding carboxylic acids is 1. The van der Waals surface area contributed by atoms with Crippen LogP contribution < -0.4 is 11.1 Å². The SMILES string of the molecule is CS(=O)CCCNC(=O)c1c[nH]c2cc(N)ccc12. The number of nitrogens with one attached hydrogen (secondary N) is 2. The van der Waals surface area contributed by atoms with Crippen molar-refractivity contribution in [3.63, 3.8) is 0 Å². The van der Waals surface area contributed by atoms with E-state index in [1.807, 2.05) is 6.07 Å². The Hall–Kier alpha value is -1.82. The predicted molar refractivity (Wildman–Crippen MR) is 78.6 cm³/mol. The lowest BCUT2D eigenvalue weighted by Gasteiger charge is -2.03. The number of carbonyl (C=O) groups is 1. The summed E-state index contributed by atoms with van der Waals surface area (Å²) in [4.78, 5) is 15.0. The molecule has 1 aromatic carbocycles. The van der Waals surface area contributed by atoms with Gasteiger partial charge in [-0.1, -0.05) is 0 Å². The minimum Gasteiger partial charge on any atom is -0.399 e. The Labute approximate surface area is 114 Å². The zero-order valence-electron chi connectivity index (χ0n) is 10.7. The van der Waals surface area contributed by atoms with Crippen LogP contribution in [0.15, 0.2) is 24.4 Å². The summed E-state index contributed by atoms with van der Waals surface area (Å²) in [7, 11) is -0.813. The van der Waals surface area contributed by atoms with Gasteiger partial charge in [-0.25, -0.2) is 0 Å². The van der Waals surface area contributed by atoms with E-state index in [1.54, 1.807) is 24.6 Å². The molecule has 5 nitrogen and oxygen atoms in total. The Morgan fingerprint density at radius 1 is 1.47 bits per heavy atom. The smallest absolute Gasteiger partial charge is 0.253 e. The molecule has 0 radical (unpaired) electrons. The summed E-state index contributed by atoms with van der Waals surface area (Å²) < 4.78 is 10.9. The fourth-order valence-electron chi connectivity index (χ4n) is 1.90. The third-order valence-electron chi connectivity index (χ3n) is 2.84. The predicted octanol–water partition coefficient (Wildman–Crippen LogP) is 1.25. The maximum Gasteiger partial charge on any atom is 0.253 e. The van der Waals surface area contributed by atoms with E-state index in [0.717, 1.165) is 10.9 Å². The average molecular weight is 279 g/mol. The quantitative estimate of drug-likeness (QED) is 0.568. The van der Waals surface area contributed by atoms with E-state index in [-0.39, 0.29) is 5.91 Å². The number of fused-ring (bicyclic) bond motifs is 1. The lowest BCUT2D eigenvalue weighted by molar-refractivity contribution is 0.0955. The number of anilines is 1. The minimum atomic E-state index is -0.813. The van der Waals surface area contributed by atoms with E-state index >= 15 is 0 Å². The summed E-state index contributed by atoms with van der Waals surface area (Å²) in [6.07, 6.45) is 4.05. The number of aromatic amines is 1. The van der Waals surface area contributed by atoms with Crippen LogP contribution >= 0.6 is 0 Å². The molecule has 0 spiro atoms. The van der Waals surface area contributed by atoms with Crippen LogP contribution in [0.5, 0.6) is 0 Å². The fourth-order valence-corrected chi connectivity index (χ4v) is 2.46. The summed E-state index contributed by atoms with van der Waals surface area (Å²) in [5, 5.41) is 3.68. The van der Waals surface area contributed by atoms with Crippen LogP contribution in [0, 0.1) is 0 Å². The van der Waals surface area contributed by atoms with Crippen LogP contribution in [0.1, 0.15) is 16.8 Å². The number of hydrogen-bond acceptors (Lipinski definition) is 3. The molecule has 2 aromatic rings. The van der Waals surface area contributed by atoms with E-state index in [4.69, 9.17) is 5.73 Å². The van der Waals surface area contributed by atoms with Crippen molar-refractivity contribution in [3.05, 3.63) is 30.0 Å². The zero-order chi connectivity index (χ0) is 13.8. The summed E-state index contributed by atoms with van der Waals surface area (Å²) in [5.74, 6) is 0.475. The molecule has 1 atom stereocenters. The number of nitrogen functional groups attached to an aromatic ring is 1. The van der Waals surface area contributed by atoms with Crippen molar-refractivity contribution in [2.45, 2.75) is 6.42 Å². The molecule has 1 unspecified atom stereocenters. The van der Waals surface area contributed by atoms with Crippen molar-refractivity contribution >= 4 is 33.3 Å². The molecule has 0 fully saturated rings. The van der Waals surface area contributed by atoms with Gasteiger partial charge in [-0.3, -0.25) is 9.00 Å². The van der Waals surface area contributed by atoms with Crippen molar-refractivity contribution in [3.8, 4) is 0 Å². The molecule has 4 N–H and O–H groups in total. The van der Waals surface area contributed by atoms with Crippen LogP contribution in [0.25, 0.3) is 10.9 Å². The summed E-state index contributed by atoms with van der Waals surface area (Å²) in [6.45, 7) is 0.528. The van der Waals surface area contributed by atoms with Gasteiger partial charge in [0.1, 0.15) is 0 Å². The Kier molecular flexibility index (Phi) is 4.21. The highest BCUT2D eigenvalue weighted by atomic mass is 32.2. The second-order valence-corrected chi connectivity index (χ2v) is 5.95. The molecule has 2 rings (SSSR count). The van der Waals surface area contributed by atoms with Gasteiger partial charge < -0.3 is 16.0 Å². The van der Waals surface area contributed by atoms with Crippen LogP contribution in [-0.4, -0.2) is 33.7 Å². The standard InChI is InChI=1S/C13H17N3O2S/c1-19(18)6-2-5-15-13(17)11-8-16-12-7-9(14)3-4-10(11)12/h3-4,7-8,16H,2,5-6,14H2,1H3,(H,15,17). The summed E-state index contributed by atoms with van der Waals surface area (Å²) in [6, 6.07) is 5.40. The second kappa shape index (κ2) is 5.88. The van der Waals surface area contributed by atoms with Crippen molar-refractivity contribution in [2.24, 2.45) is 0 Å². The number of H-pyrrole nitrogens is 1. The van der Waals surface area contributed by atoms with E-state index in [2.05, 4.69) is 10.3 Å². The molecule has 6 heteroatoms. The van der Waals surface area contributed by atoms with Crippen LogP contribution in [0.4, 0.5) is 5.69 Å². The Morgan fingerprint density at radius 3 is 3.00 bits per heavy atom. The van der Waals surface area contributed by atoms with Crippen LogP contribution in [0.3, 0.4) is 0 Å². The molecule has 102 valence electrons. The van der Waals surface area contributed by atoms with Gasteiger partial charge in [-0.05, 0) is 24.6 Å². The highest BCUT2D eigenvalue weighted by molar-refractivity contribution is 7.84. The first kappa shape index (κ1) is 13.6. The van der Waals surface area contributed by atoms with Gasteiger partial charge in [0.2, 0.25) is 0 Å². The molecule has 0 bridgehead atoms. The highest BCUT2D eigenvalue weighted by Gasteiger charge is 2.11. The highest BCUT2D eigenvalue weighted by Crippen LogP contribution is 2.20. The van der Waals surface area contributed by atoms with Crippen molar-refractivity contribution in [1.29, 1.82) is 0 Å². The second-order valence-electron chi connectivity index (χ2n) is 4.39. The number of nitrogens with two attached hydrogens (primary N) is 1. The topological polar surface area (TPSA) is 88.0 Å². The molecule has 0 saturated carbocycles. The molecular weight excluding hydrogens is 262 g/mol. The Bertz CT molecular complexity index is 621. The number of hydrogen-bond donors (Lipinski definition) is 3. The largest absolute Gasteiger partial charge is 0.399 e. The normalized spacial score (nSPS) is 12.5. The Morgan fingerprint density at radius 2 is 2.26 bits per heavy atom. The van der Waals surface area contributed by atoms with Gasteiger partial charge in [0.05, 0.1) is 5.56 Å². The summed E-state index contributed by atoms with van der Waals surface area (Å²) in [5.41, 5.74) is 7.80. The molecular formula is C13H17N3O2S. The third kappa shape index (κ3) is 3.35. The van der Waals surface area contributed by atoms with Gasteiger partial charge in [0.15, 0.2) is 0 Å². The fraction of sp³-hybridized carbons (Fsp3) is 0.308. The average Bonchev–Trinajstić information content (AvgIpc) is 2.77. The maximum atomic E-state index is 12.0. The summed E-state index contributed by atoms with van der Waals surface area (Å²) >= 11 is 0. The first-order valence-electron chi connectivity index (χ1n) is 6.03. The van der Waals surface area contributed by atoms with Crippen molar-refractivity contribution < 1.29 is 9.00 Å². The van der Waals surface area contributed by atoms with E-state index < -0.39 is 10.8 Å². The lowest BCUT2D eigenvalue weighted by atomic mass is 10.1. The van der Waals surface area contributed by atoms with Gasteiger partial charge in [-0.15, -0.1) is 0 Å². The molecule has 1 heterocycles. The van der Waals surface area contributed by atoms with Gasteiger partial charge in [-0.2, -0.15) is 0 Å².